The van der Waals surface area contributed by atoms with Crippen molar-refractivity contribution in [3.05, 3.63) is 30.0 Å². The summed E-state index contributed by atoms with van der Waals surface area (Å²) in [4.78, 5) is 42.8. The zero-order valence-electron chi connectivity index (χ0n) is 23.3. The van der Waals surface area contributed by atoms with Crippen LogP contribution in [-0.2, 0) is 16.6 Å². The molecule has 0 bridgehead atoms. The maximum Gasteiger partial charge on any atom is 0.408 e. The number of nitrogens with zero attached hydrogens (tertiary/aromatic N) is 3. The standard InChI is InChI=1S/C28H38F2N4O5/c1-27(2,3)39-26(37)31-23(18-8-10-28(29,30)11-9-18)25(36)34-14-12-33(13-15-34)24(35)22-16-19-6-7-20(38-5)17-21(19)32(22)4/h6-7,16-18,23H,8-15H2,1-5H3,(H,31,37). The van der Waals surface area contributed by atoms with E-state index in [2.05, 4.69) is 5.32 Å². The molecule has 4 rings (SSSR count). The number of carbonyl (C=O) groups is 3. The van der Waals surface area contributed by atoms with Gasteiger partial charge in [-0.25, -0.2) is 13.6 Å². The van der Waals surface area contributed by atoms with Crippen LogP contribution in [0.2, 0.25) is 0 Å². The predicted molar refractivity (Wildman–Crippen MR) is 142 cm³/mol. The van der Waals surface area contributed by atoms with Crippen LogP contribution in [-0.4, -0.2) is 83.1 Å². The molecule has 39 heavy (non-hydrogen) atoms. The molecular weight excluding hydrogens is 510 g/mol. The fourth-order valence-corrected chi connectivity index (χ4v) is 5.34. The van der Waals surface area contributed by atoms with Crippen LogP contribution in [0.1, 0.15) is 56.9 Å². The Morgan fingerprint density at radius 3 is 2.23 bits per heavy atom. The number of rotatable bonds is 5. The van der Waals surface area contributed by atoms with E-state index in [0.29, 0.717) is 24.5 Å². The van der Waals surface area contributed by atoms with Crippen molar-refractivity contribution >= 4 is 28.8 Å². The third-order valence-electron chi connectivity index (χ3n) is 7.52. The van der Waals surface area contributed by atoms with Gasteiger partial charge in [-0.15, -0.1) is 0 Å². The summed E-state index contributed by atoms with van der Waals surface area (Å²) in [5.41, 5.74) is 0.641. The highest BCUT2D eigenvalue weighted by atomic mass is 19.3. The molecule has 1 aliphatic carbocycles. The number of halogens is 2. The molecule has 2 aliphatic rings. The van der Waals surface area contributed by atoms with Gasteiger partial charge in [0, 0.05) is 57.5 Å². The highest BCUT2D eigenvalue weighted by molar-refractivity contribution is 5.99. The van der Waals surface area contributed by atoms with Crippen LogP contribution in [0.25, 0.3) is 10.9 Å². The first-order valence-electron chi connectivity index (χ1n) is 13.4. The zero-order chi connectivity index (χ0) is 28.5. The molecule has 0 spiro atoms. The number of fused-ring (bicyclic) bond motifs is 1. The van der Waals surface area contributed by atoms with Gasteiger partial charge in [0.1, 0.15) is 23.1 Å². The maximum absolute atomic E-state index is 13.8. The minimum atomic E-state index is -2.76. The number of aromatic nitrogens is 1. The van der Waals surface area contributed by atoms with Crippen molar-refractivity contribution in [2.45, 2.75) is 64.0 Å². The first-order valence-corrected chi connectivity index (χ1v) is 13.4. The summed E-state index contributed by atoms with van der Waals surface area (Å²) in [5.74, 6) is -2.95. The van der Waals surface area contributed by atoms with Gasteiger partial charge >= 0.3 is 6.09 Å². The summed E-state index contributed by atoms with van der Waals surface area (Å²) >= 11 is 0. The lowest BCUT2D eigenvalue weighted by Crippen LogP contribution is -2.58. The van der Waals surface area contributed by atoms with Crippen molar-refractivity contribution in [3.8, 4) is 5.75 Å². The number of methoxy groups -OCH3 is 1. The van der Waals surface area contributed by atoms with Crippen molar-refractivity contribution < 1.29 is 32.6 Å². The number of benzene rings is 1. The number of carbonyl (C=O) groups excluding carboxylic acids is 3. The molecule has 1 aromatic heterocycles. The Morgan fingerprint density at radius 2 is 1.64 bits per heavy atom. The fraction of sp³-hybridized carbons (Fsp3) is 0.607. The minimum Gasteiger partial charge on any atom is -0.497 e. The Hall–Kier alpha value is -3.37. The van der Waals surface area contributed by atoms with Crippen LogP contribution in [0.3, 0.4) is 0 Å². The molecule has 0 radical (unpaired) electrons. The van der Waals surface area contributed by atoms with Crippen LogP contribution < -0.4 is 10.1 Å². The normalized spacial score (nSPS) is 19.1. The average molecular weight is 549 g/mol. The van der Waals surface area contributed by atoms with E-state index < -0.39 is 29.6 Å². The van der Waals surface area contributed by atoms with Crippen LogP contribution >= 0.6 is 0 Å². The summed E-state index contributed by atoms with van der Waals surface area (Å²) in [6.45, 7) is 6.33. The number of hydrogen-bond donors (Lipinski definition) is 1. The van der Waals surface area contributed by atoms with Crippen molar-refractivity contribution in [1.82, 2.24) is 19.7 Å². The quantitative estimate of drug-likeness (QED) is 0.605. The van der Waals surface area contributed by atoms with Gasteiger partial charge in [0.25, 0.3) is 5.91 Å². The van der Waals surface area contributed by atoms with E-state index in [0.717, 1.165) is 10.9 Å². The Kier molecular flexibility index (Phi) is 8.09. The van der Waals surface area contributed by atoms with Gasteiger partial charge in [0.15, 0.2) is 0 Å². The molecule has 1 unspecified atom stereocenters. The predicted octanol–water partition coefficient (Wildman–Crippen LogP) is 4.19. The number of hydrogen-bond acceptors (Lipinski definition) is 5. The zero-order valence-corrected chi connectivity index (χ0v) is 23.3. The van der Waals surface area contributed by atoms with Crippen molar-refractivity contribution in [2.24, 2.45) is 13.0 Å². The second kappa shape index (κ2) is 11.0. The molecule has 2 aromatic rings. The number of nitrogens with one attached hydrogen (secondary N) is 1. The number of alkyl halides is 2. The van der Waals surface area contributed by atoms with Crippen molar-refractivity contribution in [1.29, 1.82) is 0 Å². The molecule has 1 saturated carbocycles. The average Bonchev–Trinajstić information content (AvgIpc) is 3.21. The van der Waals surface area contributed by atoms with E-state index in [4.69, 9.17) is 9.47 Å². The molecule has 2 fully saturated rings. The molecular formula is C28H38F2N4O5. The monoisotopic (exact) mass is 548 g/mol. The van der Waals surface area contributed by atoms with E-state index in [9.17, 15) is 23.2 Å². The minimum absolute atomic E-state index is 0.128. The first-order chi connectivity index (χ1) is 18.3. The number of piperazine rings is 1. The highest BCUT2D eigenvalue weighted by Gasteiger charge is 2.42. The van der Waals surface area contributed by atoms with Crippen molar-refractivity contribution in [3.63, 3.8) is 0 Å². The third-order valence-corrected chi connectivity index (χ3v) is 7.52. The van der Waals surface area contributed by atoms with E-state index in [1.165, 1.54) is 0 Å². The summed E-state index contributed by atoms with van der Waals surface area (Å²) in [7, 11) is 3.42. The third kappa shape index (κ3) is 6.62. The van der Waals surface area contributed by atoms with Crippen LogP contribution in [0, 0.1) is 5.92 Å². The van der Waals surface area contributed by atoms with E-state index in [1.54, 1.807) is 37.7 Å². The molecule has 214 valence electrons. The second-order valence-electron chi connectivity index (χ2n) is 11.4. The molecule has 1 aromatic carbocycles. The van der Waals surface area contributed by atoms with Gasteiger partial charge < -0.3 is 29.2 Å². The molecule has 1 N–H and O–H groups in total. The SMILES string of the molecule is COc1ccc2cc(C(=O)N3CCN(C(=O)C(NC(=O)OC(C)(C)C)C4CCC(F)(F)CC4)CC3)n(C)c2c1. The second-order valence-corrected chi connectivity index (χ2v) is 11.4. The van der Waals surface area contributed by atoms with Gasteiger partial charge in [0.2, 0.25) is 11.8 Å². The smallest absolute Gasteiger partial charge is 0.408 e. The van der Waals surface area contributed by atoms with E-state index in [1.807, 2.05) is 35.9 Å². The van der Waals surface area contributed by atoms with Gasteiger partial charge in [-0.3, -0.25) is 9.59 Å². The van der Waals surface area contributed by atoms with E-state index >= 15 is 0 Å². The van der Waals surface area contributed by atoms with Crippen molar-refractivity contribution in [2.75, 3.05) is 33.3 Å². The molecule has 9 nitrogen and oxygen atoms in total. The van der Waals surface area contributed by atoms with Gasteiger partial charge in [-0.05, 0) is 57.7 Å². The molecule has 3 amide bonds. The number of amides is 3. The van der Waals surface area contributed by atoms with Gasteiger partial charge in [-0.1, -0.05) is 0 Å². The Bertz CT molecular complexity index is 1220. The summed E-state index contributed by atoms with van der Waals surface area (Å²) in [6.07, 6.45) is -1.14. The highest BCUT2D eigenvalue weighted by Crippen LogP contribution is 2.38. The molecule has 1 atom stereocenters. The lowest BCUT2D eigenvalue weighted by Gasteiger charge is -2.39. The first kappa shape index (κ1) is 28.6. The van der Waals surface area contributed by atoms with E-state index in [-0.39, 0.29) is 50.6 Å². The molecule has 11 heteroatoms. The number of aryl methyl sites for hydroxylation is 1. The molecule has 2 heterocycles. The van der Waals surface area contributed by atoms with Crippen LogP contribution in [0.5, 0.6) is 5.75 Å². The lowest BCUT2D eigenvalue weighted by atomic mass is 9.81. The number of ether oxygens (including phenoxy) is 2. The number of alkyl carbamates (subject to hydrolysis) is 1. The lowest BCUT2D eigenvalue weighted by molar-refractivity contribution is -0.138. The topological polar surface area (TPSA) is 93.1 Å². The molecule has 1 aliphatic heterocycles. The Balaban J connectivity index is 1.44. The van der Waals surface area contributed by atoms with Crippen LogP contribution in [0.4, 0.5) is 13.6 Å². The fourth-order valence-electron chi connectivity index (χ4n) is 5.34. The summed E-state index contributed by atoms with van der Waals surface area (Å²) < 4.78 is 40.1. The Morgan fingerprint density at radius 1 is 1.03 bits per heavy atom. The molecule has 1 saturated heterocycles. The van der Waals surface area contributed by atoms with Crippen LogP contribution in [0.15, 0.2) is 24.3 Å². The largest absolute Gasteiger partial charge is 0.497 e. The van der Waals surface area contributed by atoms with Gasteiger partial charge in [0.05, 0.1) is 12.6 Å². The van der Waals surface area contributed by atoms with Gasteiger partial charge in [-0.2, -0.15) is 0 Å². The summed E-state index contributed by atoms with van der Waals surface area (Å²) in [5, 5.41) is 3.59. The maximum atomic E-state index is 13.8. The Labute approximate surface area is 227 Å². The summed E-state index contributed by atoms with van der Waals surface area (Å²) in [6, 6.07) is 6.50.